The molecule has 0 radical (unpaired) electrons. The molecule has 1 rings (SSSR count). The topological polar surface area (TPSA) is 66.5 Å². The molecule has 5 nitrogen and oxygen atoms in total. The Balaban J connectivity index is 2.42. The van der Waals surface area contributed by atoms with Crippen molar-refractivity contribution in [2.24, 2.45) is 5.92 Å². The Morgan fingerprint density at radius 3 is 2.76 bits per heavy atom. The molecule has 1 heterocycles. The van der Waals surface area contributed by atoms with Crippen molar-refractivity contribution in [2.45, 2.75) is 26.2 Å². The van der Waals surface area contributed by atoms with Crippen molar-refractivity contribution in [1.29, 1.82) is 0 Å². The average Bonchev–Trinajstić information content (AvgIpc) is 2.25. The number of carbonyl (C=O) groups is 1. The van der Waals surface area contributed by atoms with Gasteiger partial charge < -0.3 is 5.32 Å². The van der Waals surface area contributed by atoms with Crippen LogP contribution in [-0.4, -0.2) is 50.9 Å². The molecule has 0 aliphatic carbocycles. The van der Waals surface area contributed by atoms with Gasteiger partial charge in [0.2, 0.25) is 10.0 Å². The molecule has 0 aromatic rings. The molecule has 6 heteroatoms. The minimum atomic E-state index is -3.11. The van der Waals surface area contributed by atoms with E-state index in [-0.39, 0.29) is 11.7 Å². The highest BCUT2D eigenvalue weighted by molar-refractivity contribution is 7.88. The monoisotopic (exact) mass is 262 g/mol. The van der Waals surface area contributed by atoms with Gasteiger partial charge in [-0.05, 0) is 25.3 Å². The molecular formula is C11H22N2O3S. The van der Waals surface area contributed by atoms with Gasteiger partial charge in [-0.2, -0.15) is 0 Å². The van der Waals surface area contributed by atoms with E-state index in [9.17, 15) is 13.2 Å². The lowest BCUT2D eigenvalue weighted by atomic mass is 9.94. The number of hydrogen-bond donors (Lipinski definition) is 1. The molecule has 0 aromatic heterocycles. The number of nitrogens with zero attached hydrogens (tertiary/aromatic N) is 1. The van der Waals surface area contributed by atoms with Crippen molar-refractivity contribution in [3.8, 4) is 0 Å². The molecule has 17 heavy (non-hydrogen) atoms. The zero-order chi connectivity index (χ0) is 12.9. The SMILES string of the molecule is CCNCC(=O)CC1CCCN(S(C)(=O)=O)C1. The largest absolute Gasteiger partial charge is 0.310 e. The fourth-order valence-corrected chi connectivity index (χ4v) is 3.10. The number of piperidine rings is 1. The number of carbonyl (C=O) groups excluding carboxylic acids is 1. The van der Waals surface area contributed by atoms with Gasteiger partial charge in [0.15, 0.2) is 0 Å². The number of sulfonamides is 1. The molecule has 1 fully saturated rings. The van der Waals surface area contributed by atoms with Crippen LogP contribution in [0.4, 0.5) is 0 Å². The highest BCUT2D eigenvalue weighted by Gasteiger charge is 2.26. The Morgan fingerprint density at radius 2 is 2.18 bits per heavy atom. The quantitative estimate of drug-likeness (QED) is 0.744. The molecule has 0 spiro atoms. The first-order chi connectivity index (χ1) is 7.93. The van der Waals surface area contributed by atoms with Crippen LogP contribution in [0.15, 0.2) is 0 Å². The smallest absolute Gasteiger partial charge is 0.211 e. The van der Waals surface area contributed by atoms with Gasteiger partial charge in [0, 0.05) is 19.5 Å². The number of nitrogens with one attached hydrogen (secondary N) is 1. The van der Waals surface area contributed by atoms with Gasteiger partial charge in [-0.15, -0.1) is 0 Å². The van der Waals surface area contributed by atoms with Crippen LogP contribution in [0.2, 0.25) is 0 Å². The first-order valence-electron chi connectivity index (χ1n) is 6.11. The van der Waals surface area contributed by atoms with Crippen LogP contribution in [0.25, 0.3) is 0 Å². The molecule has 100 valence electrons. The van der Waals surface area contributed by atoms with Crippen molar-refractivity contribution in [1.82, 2.24) is 9.62 Å². The number of rotatable bonds is 6. The van der Waals surface area contributed by atoms with Crippen LogP contribution in [0, 0.1) is 5.92 Å². The van der Waals surface area contributed by atoms with Crippen LogP contribution in [0.3, 0.4) is 0 Å². The first-order valence-corrected chi connectivity index (χ1v) is 7.96. The van der Waals surface area contributed by atoms with Crippen LogP contribution in [0.5, 0.6) is 0 Å². The lowest BCUT2D eigenvalue weighted by molar-refractivity contribution is -0.119. The lowest BCUT2D eigenvalue weighted by Gasteiger charge is -2.30. The molecule has 1 saturated heterocycles. The zero-order valence-corrected chi connectivity index (χ0v) is 11.4. The zero-order valence-electron chi connectivity index (χ0n) is 10.6. The standard InChI is InChI=1S/C11H22N2O3S/c1-3-12-8-11(14)7-10-5-4-6-13(9-10)17(2,15)16/h10,12H,3-9H2,1-2H3. The van der Waals surface area contributed by atoms with Crippen molar-refractivity contribution in [3.63, 3.8) is 0 Å². The number of Topliss-reactive ketones (excluding diaryl/α,β-unsaturated/α-hetero) is 1. The third-order valence-electron chi connectivity index (χ3n) is 3.04. The van der Waals surface area contributed by atoms with Gasteiger partial charge in [-0.25, -0.2) is 12.7 Å². The minimum Gasteiger partial charge on any atom is -0.310 e. The molecular weight excluding hydrogens is 240 g/mol. The first kappa shape index (κ1) is 14.6. The Labute approximate surface area is 104 Å². The van der Waals surface area contributed by atoms with Crippen molar-refractivity contribution >= 4 is 15.8 Å². The highest BCUT2D eigenvalue weighted by atomic mass is 32.2. The maximum Gasteiger partial charge on any atom is 0.211 e. The summed E-state index contributed by atoms with van der Waals surface area (Å²) in [4.78, 5) is 11.6. The van der Waals surface area contributed by atoms with E-state index in [4.69, 9.17) is 0 Å². The molecule has 0 saturated carbocycles. The summed E-state index contributed by atoms with van der Waals surface area (Å²) in [5.41, 5.74) is 0. The summed E-state index contributed by atoms with van der Waals surface area (Å²) in [6, 6.07) is 0. The van der Waals surface area contributed by atoms with E-state index < -0.39 is 10.0 Å². The predicted octanol–water partition coefficient (Wildman–Crippen LogP) is 0.227. The average molecular weight is 262 g/mol. The van der Waals surface area contributed by atoms with Gasteiger partial charge in [0.05, 0.1) is 12.8 Å². The van der Waals surface area contributed by atoms with Crippen molar-refractivity contribution in [3.05, 3.63) is 0 Å². The van der Waals surface area contributed by atoms with Gasteiger partial charge >= 0.3 is 0 Å². The van der Waals surface area contributed by atoms with Crippen LogP contribution < -0.4 is 5.32 Å². The van der Waals surface area contributed by atoms with Crippen molar-refractivity contribution < 1.29 is 13.2 Å². The van der Waals surface area contributed by atoms with E-state index in [2.05, 4.69) is 5.32 Å². The van der Waals surface area contributed by atoms with E-state index in [0.29, 0.717) is 26.1 Å². The van der Waals surface area contributed by atoms with Crippen LogP contribution in [-0.2, 0) is 14.8 Å². The third kappa shape index (κ3) is 5.14. The molecule has 1 unspecified atom stereocenters. The summed E-state index contributed by atoms with van der Waals surface area (Å²) in [6.07, 6.45) is 3.52. The summed E-state index contributed by atoms with van der Waals surface area (Å²) < 4.78 is 24.3. The Bertz CT molecular complexity index is 354. The Kier molecular flexibility index (Phi) is 5.55. The molecule has 0 amide bonds. The summed E-state index contributed by atoms with van der Waals surface area (Å²) in [6.45, 7) is 4.23. The predicted molar refractivity (Wildman–Crippen MR) is 67.3 cm³/mol. The maximum absolute atomic E-state index is 11.6. The van der Waals surface area contributed by atoms with E-state index in [0.717, 1.165) is 19.4 Å². The minimum absolute atomic E-state index is 0.173. The van der Waals surface area contributed by atoms with Crippen LogP contribution >= 0.6 is 0 Å². The van der Waals surface area contributed by atoms with Gasteiger partial charge in [0.25, 0.3) is 0 Å². The fourth-order valence-electron chi connectivity index (χ4n) is 2.15. The third-order valence-corrected chi connectivity index (χ3v) is 4.31. The molecule has 1 atom stereocenters. The van der Waals surface area contributed by atoms with E-state index >= 15 is 0 Å². The normalized spacial score (nSPS) is 22.6. The van der Waals surface area contributed by atoms with Crippen molar-refractivity contribution in [2.75, 3.05) is 32.4 Å². The fraction of sp³-hybridized carbons (Fsp3) is 0.909. The molecule has 0 bridgehead atoms. The van der Waals surface area contributed by atoms with Gasteiger partial charge in [-0.1, -0.05) is 6.92 Å². The Hall–Kier alpha value is -0.460. The van der Waals surface area contributed by atoms with E-state index in [1.807, 2.05) is 6.92 Å². The molecule has 1 aliphatic heterocycles. The summed E-state index contributed by atoms with van der Waals surface area (Å²) in [7, 11) is -3.11. The highest BCUT2D eigenvalue weighted by Crippen LogP contribution is 2.21. The van der Waals surface area contributed by atoms with E-state index in [1.54, 1.807) is 0 Å². The Morgan fingerprint density at radius 1 is 1.47 bits per heavy atom. The second kappa shape index (κ2) is 6.47. The number of likely N-dealkylation sites (N-methyl/N-ethyl adjacent to an activating group) is 1. The summed E-state index contributed by atoms with van der Waals surface area (Å²) in [5, 5.41) is 3.00. The lowest BCUT2D eigenvalue weighted by Crippen LogP contribution is -2.40. The van der Waals surface area contributed by atoms with Gasteiger partial charge in [-0.3, -0.25) is 4.79 Å². The molecule has 0 aromatic carbocycles. The van der Waals surface area contributed by atoms with Gasteiger partial charge in [0.1, 0.15) is 5.78 Å². The van der Waals surface area contributed by atoms with E-state index in [1.165, 1.54) is 10.6 Å². The summed E-state index contributed by atoms with van der Waals surface area (Å²) in [5.74, 6) is 0.358. The summed E-state index contributed by atoms with van der Waals surface area (Å²) >= 11 is 0. The maximum atomic E-state index is 11.6. The molecule has 1 N–H and O–H groups in total. The molecule has 1 aliphatic rings. The van der Waals surface area contributed by atoms with Crippen LogP contribution in [0.1, 0.15) is 26.2 Å². The second-order valence-electron chi connectivity index (χ2n) is 4.65. The second-order valence-corrected chi connectivity index (χ2v) is 6.63. The number of ketones is 1. The number of hydrogen-bond acceptors (Lipinski definition) is 4.